The van der Waals surface area contributed by atoms with Crippen LogP contribution in [0.25, 0.3) is 5.65 Å². The van der Waals surface area contributed by atoms with Gasteiger partial charge >= 0.3 is 0 Å². The largest absolute Gasteiger partial charge is 0.337 e. The van der Waals surface area contributed by atoms with Gasteiger partial charge in [0.2, 0.25) is 5.91 Å². The lowest BCUT2D eigenvalue weighted by Gasteiger charge is -2.56. The second-order valence-electron chi connectivity index (χ2n) is 8.70. The molecule has 132 valence electrons. The zero-order chi connectivity index (χ0) is 17.0. The van der Waals surface area contributed by atoms with E-state index in [1.807, 2.05) is 30.6 Å². The molecule has 4 saturated carbocycles. The Morgan fingerprint density at radius 1 is 1.20 bits per heavy atom. The van der Waals surface area contributed by atoms with Crippen LogP contribution in [0.5, 0.6) is 0 Å². The Morgan fingerprint density at radius 3 is 2.52 bits per heavy atom. The summed E-state index contributed by atoms with van der Waals surface area (Å²) in [7, 11) is 0. The number of nitrogens with zero attached hydrogens (tertiary/aromatic N) is 3. The quantitative estimate of drug-likeness (QED) is 0.848. The standard InChI is InChI=1S/C21H27N3O/c1-2-23(14-18-13-22-19-5-3-4-6-24(18)19)20(25)21-10-15-7-16(11-21)9-17(8-15)12-21/h3-6,13,15-17H,2,7-12,14H2,1H3. The smallest absolute Gasteiger partial charge is 0.229 e. The van der Waals surface area contributed by atoms with Crippen molar-refractivity contribution in [2.45, 2.75) is 52.0 Å². The zero-order valence-electron chi connectivity index (χ0n) is 15.0. The van der Waals surface area contributed by atoms with Crippen molar-refractivity contribution in [3.05, 3.63) is 36.3 Å². The van der Waals surface area contributed by atoms with Crippen molar-refractivity contribution in [2.75, 3.05) is 6.54 Å². The second kappa shape index (κ2) is 5.58. The topological polar surface area (TPSA) is 37.6 Å². The second-order valence-corrected chi connectivity index (χ2v) is 8.70. The van der Waals surface area contributed by atoms with Crippen LogP contribution in [-0.4, -0.2) is 26.7 Å². The van der Waals surface area contributed by atoms with Gasteiger partial charge in [0, 0.05) is 12.7 Å². The Labute approximate surface area is 149 Å². The maximum atomic E-state index is 13.6. The summed E-state index contributed by atoms with van der Waals surface area (Å²) in [5.74, 6) is 2.85. The number of carbonyl (C=O) groups is 1. The van der Waals surface area contributed by atoms with Gasteiger partial charge < -0.3 is 9.30 Å². The highest BCUT2D eigenvalue weighted by atomic mass is 16.2. The van der Waals surface area contributed by atoms with Crippen molar-refractivity contribution in [1.82, 2.24) is 14.3 Å². The highest BCUT2D eigenvalue weighted by Gasteiger charge is 2.55. The zero-order valence-corrected chi connectivity index (χ0v) is 15.0. The van der Waals surface area contributed by atoms with Gasteiger partial charge in [-0.05, 0) is 75.3 Å². The predicted octanol–water partition coefficient (Wildman–Crippen LogP) is 3.90. The summed E-state index contributed by atoms with van der Waals surface area (Å²) in [6.45, 7) is 3.56. The molecule has 4 aliphatic carbocycles. The Balaban J connectivity index is 1.42. The van der Waals surface area contributed by atoms with Gasteiger partial charge in [0.05, 0.1) is 23.9 Å². The molecule has 0 aliphatic heterocycles. The summed E-state index contributed by atoms with van der Waals surface area (Å²) in [5, 5.41) is 0. The van der Waals surface area contributed by atoms with Gasteiger partial charge in [0.15, 0.2) is 0 Å². The molecule has 2 heterocycles. The molecule has 0 atom stereocenters. The van der Waals surface area contributed by atoms with Crippen molar-refractivity contribution in [1.29, 1.82) is 0 Å². The first-order chi connectivity index (χ1) is 12.2. The van der Waals surface area contributed by atoms with Crippen LogP contribution >= 0.6 is 0 Å². The van der Waals surface area contributed by atoms with Crippen molar-refractivity contribution in [3.8, 4) is 0 Å². The van der Waals surface area contributed by atoms with E-state index in [-0.39, 0.29) is 5.41 Å². The predicted molar refractivity (Wildman–Crippen MR) is 96.9 cm³/mol. The van der Waals surface area contributed by atoms with Crippen LogP contribution in [0.2, 0.25) is 0 Å². The number of amides is 1. The van der Waals surface area contributed by atoms with Crippen LogP contribution in [-0.2, 0) is 11.3 Å². The van der Waals surface area contributed by atoms with Crippen molar-refractivity contribution in [3.63, 3.8) is 0 Å². The molecule has 6 rings (SSSR count). The molecule has 0 radical (unpaired) electrons. The van der Waals surface area contributed by atoms with Gasteiger partial charge in [-0.15, -0.1) is 0 Å². The maximum absolute atomic E-state index is 13.6. The maximum Gasteiger partial charge on any atom is 0.229 e. The molecular formula is C21H27N3O. The molecule has 4 heteroatoms. The average molecular weight is 337 g/mol. The molecule has 0 spiro atoms. The number of hydrogen-bond acceptors (Lipinski definition) is 2. The molecule has 4 bridgehead atoms. The van der Waals surface area contributed by atoms with E-state index in [4.69, 9.17) is 0 Å². The molecule has 4 fully saturated rings. The lowest BCUT2D eigenvalue weighted by molar-refractivity contribution is -0.158. The summed E-state index contributed by atoms with van der Waals surface area (Å²) in [5.41, 5.74) is 2.01. The molecule has 4 nitrogen and oxygen atoms in total. The lowest BCUT2D eigenvalue weighted by Crippen LogP contribution is -2.54. The summed E-state index contributed by atoms with van der Waals surface area (Å²) in [4.78, 5) is 20.2. The van der Waals surface area contributed by atoms with Gasteiger partial charge in [-0.1, -0.05) is 6.07 Å². The average Bonchev–Trinajstić information content (AvgIpc) is 3.01. The summed E-state index contributed by atoms with van der Waals surface area (Å²) < 4.78 is 2.11. The van der Waals surface area contributed by atoms with Gasteiger partial charge in [-0.25, -0.2) is 4.98 Å². The fourth-order valence-corrected chi connectivity index (χ4v) is 6.33. The van der Waals surface area contributed by atoms with Crippen molar-refractivity contribution in [2.24, 2.45) is 23.2 Å². The fraction of sp³-hybridized carbons (Fsp3) is 0.619. The number of hydrogen-bond donors (Lipinski definition) is 0. The van der Waals surface area contributed by atoms with Crippen LogP contribution < -0.4 is 0 Å². The van der Waals surface area contributed by atoms with Crippen molar-refractivity contribution < 1.29 is 4.79 Å². The summed E-state index contributed by atoms with van der Waals surface area (Å²) in [6.07, 6.45) is 11.5. The molecule has 0 unspecified atom stereocenters. The SMILES string of the molecule is CCN(Cc1cnc2ccccn12)C(=O)C12CC3CC(CC(C3)C1)C2. The molecule has 0 N–H and O–H groups in total. The first-order valence-corrected chi connectivity index (χ1v) is 9.87. The number of carbonyl (C=O) groups excluding carboxylic acids is 1. The number of aromatic nitrogens is 2. The third-order valence-corrected chi connectivity index (χ3v) is 7.01. The molecule has 0 saturated heterocycles. The molecule has 4 aliphatic rings. The molecule has 25 heavy (non-hydrogen) atoms. The third-order valence-electron chi connectivity index (χ3n) is 7.01. The Hall–Kier alpha value is -1.84. The Kier molecular flexibility index (Phi) is 3.44. The molecule has 2 aromatic rings. The molecule has 2 aromatic heterocycles. The van der Waals surface area contributed by atoms with E-state index in [1.54, 1.807) is 0 Å². The number of imidazole rings is 1. The minimum absolute atomic E-state index is 0.0503. The minimum Gasteiger partial charge on any atom is -0.337 e. The van der Waals surface area contributed by atoms with Gasteiger partial charge in [0.25, 0.3) is 0 Å². The van der Waals surface area contributed by atoms with Crippen LogP contribution in [0.4, 0.5) is 0 Å². The van der Waals surface area contributed by atoms with E-state index in [1.165, 1.54) is 19.3 Å². The first-order valence-electron chi connectivity index (χ1n) is 9.87. The van der Waals surface area contributed by atoms with Crippen molar-refractivity contribution >= 4 is 11.6 Å². The number of rotatable bonds is 4. The normalized spacial score (nSPS) is 33.1. The van der Waals surface area contributed by atoms with E-state index in [0.29, 0.717) is 12.5 Å². The van der Waals surface area contributed by atoms with E-state index in [2.05, 4.69) is 21.2 Å². The Morgan fingerprint density at radius 2 is 1.88 bits per heavy atom. The number of fused-ring (bicyclic) bond motifs is 1. The summed E-state index contributed by atoms with van der Waals surface area (Å²) >= 11 is 0. The lowest BCUT2D eigenvalue weighted by atomic mass is 9.49. The monoisotopic (exact) mass is 337 g/mol. The molecule has 0 aromatic carbocycles. The minimum atomic E-state index is -0.0503. The van der Waals surface area contributed by atoms with E-state index < -0.39 is 0 Å². The highest BCUT2D eigenvalue weighted by molar-refractivity contribution is 5.83. The van der Waals surface area contributed by atoms with Gasteiger partial charge in [0.1, 0.15) is 5.65 Å². The van der Waals surface area contributed by atoms with E-state index in [9.17, 15) is 4.79 Å². The van der Waals surface area contributed by atoms with E-state index >= 15 is 0 Å². The highest BCUT2D eigenvalue weighted by Crippen LogP contribution is 2.60. The fourth-order valence-electron chi connectivity index (χ4n) is 6.33. The van der Waals surface area contributed by atoms with Crippen LogP contribution in [0.1, 0.15) is 51.1 Å². The van der Waals surface area contributed by atoms with Gasteiger partial charge in [-0.3, -0.25) is 4.79 Å². The van der Waals surface area contributed by atoms with Crippen LogP contribution in [0.3, 0.4) is 0 Å². The Bertz CT molecular complexity index is 773. The summed E-state index contributed by atoms with van der Waals surface area (Å²) in [6, 6.07) is 6.04. The third kappa shape index (κ3) is 2.41. The molecular weight excluding hydrogens is 310 g/mol. The first kappa shape index (κ1) is 15.4. The number of pyridine rings is 1. The van der Waals surface area contributed by atoms with E-state index in [0.717, 1.165) is 54.9 Å². The van der Waals surface area contributed by atoms with Crippen LogP contribution in [0, 0.1) is 23.2 Å². The van der Waals surface area contributed by atoms with Crippen LogP contribution in [0.15, 0.2) is 30.6 Å². The molecule has 1 amide bonds. The van der Waals surface area contributed by atoms with Gasteiger partial charge in [-0.2, -0.15) is 0 Å².